The van der Waals surface area contributed by atoms with Crippen LogP contribution in [0.5, 0.6) is 0 Å². The first kappa shape index (κ1) is 21.0. The van der Waals surface area contributed by atoms with E-state index in [-0.39, 0.29) is 5.91 Å². The van der Waals surface area contributed by atoms with E-state index in [1.165, 1.54) is 11.9 Å². The molecular weight excluding hydrogens is 362 g/mol. The van der Waals surface area contributed by atoms with E-state index in [0.29, 0.717) is 12.2 Å². The zero-order valence-electron chi connectivity index (χ0n) is 17.3. The second kappa shape index (κ2) is 11.3. The number of unbranched alkanes of at least 4 members (excludes halogenated alkanes) is 2. The van der Waals surface area contributed by atoms with Gasteiger partial charge in [-0.2, -0.15) is 0 Å². The molecule has 0 unspecified atom stereocenters. The van der Waals surface area contributed by atoms with Crippen LogP contribution in [0, 0.1) is 0 Å². The van der Waals surface area contributed by atoms with Gasteiger partial charge in [0.25, 0.3) is 5.91 Å². The fourth-order valence-electron chi connectivity index (χ4n) is 3.37. The maximum Gasteiger partial charge on any atom is 0.270 e. The summed E-state index contributed by atoms with van der Waals surface area (Å²) in [5, 5.41) is 2.94. The Bertz CT molecular complexity index is 785. The van der Waals surface area contributed by atoms with E-state index in [1.807, 2.05) is 6.07 Å². The van der Waals surface area contributed by atoms with Crippen molar-refractivity contribution in [3.05, 3.63) is 60.1 Å². The Morgan fingerprint density at radius 3 is 2.66 bits per heavy atom. The topological polar surface area (TPSA) is 61.4 Å². The lowest BCUT2D eigenvalue weighted by Crippen LogP contribution is -2.46. The van der Waals surface area contributed by atoms with Gasteiger partial charge in [0, 0.05) is 45.3 Å². The second-order valence-corrected chi connectivity index (χ2v) is 7.33. The number of nitrogens with one attached hydrogen (secondary N) is 1. The molecule has 0 bridgehead atoms. The largest absolute Gasteiger partial charge is 0.354 e. The molecule has 1 aromatic carbocycles. The normalized spacial score (nSPS) is 15.0. The van der Waals surface area contributed by atoms with Crippen molar-refractivity contribution in [3.8, 4) is 0 Å². The van der Waals surface area contributed by atoms with Crippen molar-refractivity contribution in [2.75, 3.05) is 44.2 Å². The number of nitrogens with zero attached hydrogens (tertiary/aromatic N) is 4. The quantitative estimate of drug-likeness (QED) is 0.663. The van der Waals surface area contributed by atoms with Crippen molar-refractivity contribution in [2.45, 2.75) is 26.2 Å². The number of hydrogen-bond acceptors (Lipinski definition) is 5. The molecule has 3 rings (SSSR count). The molecule has 0 saturated carbocycles. The third-order valence-corrected chi connectivity index (χ3v) is 5.12. The third-order valence-electron chi connectivity index (χ3n) is 5.12. The Kier molecular flexibility index (Phi) is 8.19. The number of piperazine rings is 1. The Morgan fingerprint density at radius 1 is 1.10 bits per heavy atom. The lowest BCUT2D eigenvalue weighted by Gasteiger charge is -2.34. The minimum atomic E-state index is -0.116. The molecule has 1 aliphatic rings. The number of rotatable bonds is 9. The first-order valence-electron chi connectivity index (χ1n) is 10.6. The Hall–Kier alpha value is -2.73. The van der Waals surface area contributed by atoms with Crippen LogP contribution in [0.25, 0.3) is 6.08 Å². The predicted octanol–water partition coefficient (Wildman–Crippen LogP) is 3.23. The fraction of sp³-hybridized carbons (Fsp3) is 0.435. The molecule has 0 radical (unpaired) electrons. The number of aromatic nitrogens is 2. The first-order chi connectivity index (χ1) is 14.3. The van der Waals surface area contributed by atoms with Gasteiger partial charge in [0.2, 0.25) is 0 Å². The van der Waals surface area contributed by atoms with Crippen LogP contribution >= 0.6 is 0 Å². The van der Waals surface area contributed by atoms with Gasteiger partial charge < -0.3 is 10.2 Å². The van der Waals surface area contributed by atoms with Crippen LogP contribution in [0.2, 0.25) is 0 Å². The Morgan fingerprint density at radius 2 is 1.90 bits per heavy atom. The molecule has 1 fully saturated rings. The van der Waals surface area contributed by atoms with Crippen molar-refractivity contribution in [2.24, 2.45) is 0 Å². The van der Waals surface area contributed by atoms with Crippen LogP contribution in [0.4, 0.5) is 5.82 Å². The van der Waals surface area contributed by atoms with Crippen LogP contribution in [-0.2, 0) is 0 Å². The maximum absolute atomic E-state index is 12.3. The average molecular weight is 394 g/mol. The summed E-state index contributed by atoms with van der Waals surface area (Å²) in [6, 6.07) is 12.2. The number of hydrogen-bond donors (Lipinski definition) is 1. The van der Waals surface area contributed by atoms with E-state index in [1.54, 1.807) is 6.07 Å². The van der Waals surface area contributed by atoms with Crippen molar-refractivity contribution in [1.82, 2.24) is 20.2 Å². The summed E-state index contributed by atoms with van der Waals surface area (Å²) in [4.78, 5) is 25.5. The van der Waals surface area contributed by atoms with Gasteiger partial charge in [-0.15, -0.1) is 0 Å². The monoisotopic (exact) mass is 393 g/mol. The van der Waals surface area contributed by atoms with Gasteiger partial charge >= 0.3 is 0 Å². The zero-order chi connectivity index (χ0) is 20.3. The van der Waals surface area contributed by atoms with Crippen LogP contribution in [0.3, 0.4) is 0 Å². The summed E-state index contributed by atoms with van der Waals surface area (Å²) >= 11 is 0. The highest BCUT2D eigenvalue weighted by atomic mass is 16.1. The summed E-state index contributed by atoms with van der Waals surface area (Å²) in [6.45, 7) is 7.53. The van der Waals surface area contributed by atoms with E-state index in [4.69, 9.17) is 0 Å². The zero-order valence-corrected chi connectivity index (χ0v) is 17.3. The van der Waals surface area contributed by atoms with E-state index in [9.17, 15) is 4.79 Å². The number of anilines is 1. The number of amides is 1. The number of carbonyl (C=O) groups excluding carboxylic acids is 1. The molecule has 0 spiro atoms. The van der Waals surface area contributed by atoms with Gasteiger partial charge in [-0.25, -0.2) is 9.97 Å². The molecule has 1 aliphatic heterocycles. The highest BCUT2D eigenvalue weighted by Crippen LogP contribution is 2.14. The van der Waals surface area contributed by atoms with Crippen LogP contribution < -0.4 is 10.2 Å². The third kappa shape index (κ3) is 6.68. The molecular formula is C23H31N5O. The molecule has 6 heteroatoms. The Balaban J connectivity index is 1.46. The molecule has 29 heavy (non-hydrogen) atoms. The highest BCUT2D eigenvalue weighted by Gasteiger charge is 2.18. The molecule has 1 amide bonds. The molecule has 0 atom stereocenters. The molecule has 1 aromatic heterocycles. The van der Waals surface area contributed by atoms with Gasteiger partial charge in [0.1, 0.15) is 17.8 Å². The van der Waals surface area contributed by atoms with Crippen LogP contribution in [-0.4, -0.2) is 60.0 Å². The summed E-state index contributed by atoms with van der Waals surface area (Å²) < 4.78 is 0. The van der Waals surface area contributed by atoms with E-state index < -0.39 is 0 Å². The molecule has 6 nitrogen and oxygen atoms in total. The van der Waals surface area contributed by atoms with Crippen LogP contribution in [0.1, 0.15) is 42.2 Å². The van der Waals surface area contributed by atoms with Crippen molar-refractivity contribution in [3.63, 3.8) is 0 Å². The molecule has 1 N–H and O–H groups in total. The Labute approximate surface area is 173 Å². The van der Waals surface area contributed by atoms with Gasteiger partial charge in [0.05, 0.1) is 0 Å². The lowest BCUT2D eigenvalue weighted by molar-refractivity contribution is 0.0948. The van der Waals surface area contributed by atoms with Crippen molar-refractivity contribution >= 4 is 17.8 Å². The van der Waals surface area contributed by atoms with E-state index in [0.717, 1.165) is 57.8 Å². The lowest BCUT2D eigenvalue weighted by atomic mass is 10.2. The van der Waals surface area contributed by atoms with Crippen molar-refractivity contribution in [1.29, 1.82) is 0 Å². The summed E-state index contributed by atoms with van der Waals surface area (Å²) in [5.74, 6) is 0.715. The highest BCUT2D eigenvalue weighted by molar-refractivity contribution is 5.92. The summed E-state index contributed by atoms with van der Waals surface area (Å²) in [7, 11) is 0. The summed E-state index contributed by atoms with van der Waals surface area (Å²) in [5.41, 5.74) is 1.67. The van der Waals surface area contributed by atoms with E-state index in [2.05, 4.69) is 68.4 Å². The smallest absolute Gasteiger partial charge is 0.270 e. The number of carbonyl (C=O) groups is 1. The van der Waals surface area contributed by atoms with Gasteiger partial charge in [-0.05, 0) is 12.0 Å². The molecule has 154 valence electrons. The molecule has 1 saturated heterocycles. The van der Waals surface area contributed by atoms with E-state index >= 15 is 0 Å². The molecule has 2 aromatic rings. The van der Waals surface area contributed by atoms with Crippen LogP contribution in [0.15, 0.2) is 48.8 Å². The van der Waals surface area contributed by atoms with Crippen molar-refractivity contribution < 1.29 is 4.79 Å². The standard InChI is InChI=1S/C23H31N5O/c1-2-3-7-12-24-23(29)21-18-22(26-19-25-21)28-16-14-27(15-17-28)13-8-11-20-9-5-4-6-10-20/h4-6,8-11,18-19H,2-3,7,12-17H2,1H3,(H,24,29)/b11-8+. The SMILES string of the molecule is CCCCCNC(=O)c1cc(N2CCN(C/C=C/c3ccccc3)CC2)ncn1. The minimum Gasteiger partial charge on any atom is -0.354 e. The fourth-order valence-corrected chi connectivity index (χ4v) is 3.37. The molecule has 0 aliphatic carbocycles. The summed E-state index contributed by atoms with van der Waals surface area (Å²) in [6.07, 6.45) is 9.15. The predicted molar refractivity (Wildman–Crippen MR) is 118 cm³/mol. The van der Waals surface area contributed by atoms with Gasteiger partial charge in [0.15, 0.2) is 0 Å². The maximum atomic E-state index is 12.3. The van der Waals surface area contributed by atoms with Gasteiger partial charge in [-0.3, -0.25) is 9.69 Å². The second-order valence-electron chi connectivity index (χ2n) is 7.33. The minimum absolute atomic E-state index is 0.116. The molecule has 2 heterocycles. The van der Waals surface area contributed by atoms with Gasteiger partial charge in [-0.1, -0.05) is 62.2 Å². The first-order valence-corrected chi connectivity index (χ1v) is 10.6. The number of benzene rings is 1. The average Bonchev–Trinajstić information content (AvgIpc) is 2.78.